The van der Waals surface area contributed by atoms with Crippen LogP contribution in [0, 0.1) is 11.8 Å². The maximum Gasteiger partial charge on any atom is 0.472 e. The summed E-state index contributed by atoms with van der Waals surface area (Å²) in [7, 11) is -9.92. The molecule has 0 amide bonds. The normalized spacial score (nSPS) is 13.9. The molecular weight excluding hydrogens is 1310 g/mol. The number of aliphatic hydroxyl groups excluding tert-OH is 1. The summed E-state index contributed by atoms with van der Waals surface area (Å²) in [5.74, 6) is -0.590. The molecular formula is C81H158O17P2. The van der Waals surface area contributed by atoms with Gasteiger partial charge in [0.25, 0.3) is 0 Å². The number of ether oxygens (including phenoxy) is 4. The van der Waals surface area contributed by atoms with Crippen LogP contribution in [0.3, 0.4) is 0 Å². The zero-order chi connectivity index (χ0) is 73.5. The molecule has 0 aliphatic heterocycles. The van der Waals surface area contributed by atoms with Gasteiger partial charge in [0.15, 0.2) is 12.2 Å². The molecule has 0 aromatic carbocycles. The van der Waals surface area contributed by atoms with Crippen molar-refractivity contribution in [3.63, 3.8) is 0 Å². The van der Waals surface area contributed by atoms with E-state index >= 15 is 0 Å². The molecule has 0 saturated heterocycles. The van der Waals surface area contributed by atoms with Crippen LogP contribution in [0.25, 0.3) is 0 Å². The Kier molecular flexibility index (Phi) is 71.2. The topological polar surface area (TPSA) is 237 Å². The average molecular weight is 1470 g/mol. The van der Waals surface area contributed by atoms with Gasteiger partial charge in [0.1, 0.15) is 19.3 Å². The summed E-state index contributed by atoms with van der Waals surface area (Å²) in [4.78, 5) is 73.0. The van der Waals surface area contributed by atoms with Gasteiger partial charge < -0.3 is 33.8 Å². The fourth-order valence-corrected chi connectivity index (χ4v) is 14.1. The van der Waals surface area contributed by atoms with Gasteiger partial charge in [-0.2, -0.15) is 0 Å². The summed E-state index contributed by atoms with van der Waals surface area (Å²) >= 11 is 0. The lowest BCUT2D eigenvalue weighted by molar-refractivity contribution is -0.161. The van der Waals surface area contributed by atoms with Crippen LogP contribution < -0.4 is 0 Å². The van der Waals surface area contributed by atoms with E-state index in [1.165, 1.54) is 244 Å². The number of hydrogen-bond donors (Lipinski definition) is 3. The first-order chi connectivity index (χ1) is 48.4. The molecule has 0 saturated carbocycles. The van der Waals surface area contributed by atoms with E-state index in [0.29, 0.717) is 25.7 Å². The number of unbranched alkanes of at least 4 members (excludes halogenated alkanes) is 50. The predicted octanol–water partition coefficient (Wildman–Crippen LogP) is 24.3. The van der Waals surface area contributed by atoms with Gasteiger partial charge in [-0.1, -0.05) is 375 Å². The van der Waals surface area contributed by atoms with Gasteiger partial charge in [0, 0.05) is 25.7 Å². The van der Waals surface area contributed by atoms with Crippen molar-refractivity contribution in [1.82, 2.24) is 0 Å². The Morgan fingerprint density at radius 2 is 0.460 bits per heavy atom. The number of carbonyl (C=O) groups excluding carboxylic acids is 4. The standard InChI is InChI=1S/C81H158O17P2/c1-7-9-11-13-15-17-19-21-23-24-25-26-27-31-36-40-48-54-60-66-81(86)97-76(69-91-78(83)63-57-51-45-38-34-32-28-29-33-37-43-49-55-61-73(3)4)71-95-99(87,88)93-67-75(82)68-94-100(89,90)96-72-77(70-92-79(84)64-58-52-46-42-41-44-50-56-62-74(5)6)98-80(85)65-59-53-47-39-35-30-22-20-18-16-14-12-10-8-2/h73-77,82H,7-72H2,1-6H3,(H,87,88)(H,89,90)/t75-,76-,77-/m1/s1. The van der Waals surface area contributed by atoms with Crippen molar-refractivity contribution in [2.75, 3.05) is 39.6 Å². The van der Waals surface area contributed by atoms with Crippen LogP contribution in [0.5, 0.6) is 0 Å². The largest absolute Gasteiger partial charge is 0.472 e. The predicted molar refractivity (Wildman–Crippen MR) is 409 cm³/mol. The van der Waals surface area contributed by atoms with Crippen molar-refractivity contribution in [1.29, 1.82) is 0 Å². The van der Waals surface area contributed by atoms with Crippen molar-refractivity contribution < 1.29 is 80.2 Å². The molecule has 0 bridgehead atoms. The monoisotopic (exact) mass is 1470 g/mol. The molecule has 3 N–H and O–H groups in total. The Morgan fingerprint density at radius 3 is 0.680 bits per heavy atom. The van der Waals surface area contributed by atoms with E-state index in [2.05, 4.69) is 41.5 Å². The minimum Gasteiger partial charge on any atom is -0.462 e. The smallest absolute Gasteiger partial charge is 0.462 e. The molecule has 594 valence electrons. The van der Waals surface area contributed by atoms with Crippen LogP contribution in [-0.2, 0) is 65.4 Å². The van der Waals surface area contributed by atoms with Gasteiger partial charge in [-0.3, -0.25) is 37.3 Å². The van der Waals surface area contributed by atoms with E-state index in [-0.39, 0.29) is 25.7 Å². The zero-order valence-electron chi connectivity index (χ0n) is 65.5. The number of phosphoric ester groups is 2. The van der Waals surface area contributed by atoms with Crippen LogP contribution in [0.1, 0.15) is 427 Å². The maximum atomic E-state index is 13.1. The second kappa shape index (κ2) is 72.6. The zero-order valence-corrected chi connectivity index (χ0v) is 67.3. The lowest BCUT2D eigenvalue weighted by atomic mass is 10.0. The Hall–Kier alpha value is -1.94. The quantitative estimate of drug-likeness (QED) is 0.0222. The molecule has 5 atom stereocenters. The van der Waals surface area contributed by atoms with E-state index in [9.17, 15) is 43.2 Å². The van der Waals surface area contributed by atoms with Gasteiger partial charge in [0.05, 0.1) is 26.4 Å². The highest BCUT2D eigenvalue weighted by Crippen LogP contribution is 2.45. The van der Waals surface area contributed by atoms with Crippen LogP contribution in [0.2, 0.25) is 0 Å². The van der Waals surface area contributed by atoms with E-state index in [1.807, 2.05) is 0 Å². The lowest BCUT2D eigenvalue weighted by Crippen LogP contribution is -2.30. The molecule has 0 aliphatic carbocycles. The Labute approximate surface area is 613 Å². The fraction of sp³-hybridized carbons (Fsp3) is 0.951. The molecule has 2 unspecified atom stereocenters. The number of hydrogen-bond acceptors (Lipinski definition) is 15. The summed E-state index contributed by atoms with van der Waals surface area (Å²) < 4.78 is 68.7. The molecule has 0 fully saturated rings. The first-order valence-electron chi connectivity index (χ1n) is 42.0. The highest BCUT2D eigenvalue weighted by Gasteiger charge is 2.30. The molecule has 19 heteroatoms. The van der Waals surface area contributed by atoms with Gasteiger partial charge in [-0.05, 0) is 37.5 Å². The highest BCUT2D eigenvalue weighted by molar-refractivity contribution is 7.47. The highest BCUT2D eigenvalue weighted by atomic mass is 31.2. The van der Waals surface area contributed by atoms with Crippen LogP contribution in [0.4, 0.5) is 0 Å². The Bertz CT molecular complexity index is 1920. The third-order valence-electron chi connectivity index (χ3n) is 19.0. The molecule has 0 spiro atoms. The van der Waals surface area contributed by atoms with E-state index < -0.39 is 97.5 Å². The van der Waals surface area contributed by atoms with Gasteiger partial charge in [0.2, 0.25) is 0 Å². The van der Waals surface area contributed by atoms with Gasteiger partial charge >= 0.3 is 39.5 Å². The first kappa shape index (κ1) is 98.1. The molecule has 0 aromatic rings. The van der Waals surface area contributed by atoms with E-state index in [1.54, 1.807) is 0 Å². The third-order valence-corrected chi connectivity index (χ3v) is 20.9. The van der Waals surface area contributed by atoms with Crippen LogP contribution in [-0.4, -0.2) is 96.7 Å². The van der Waals surface area contributed by atoms with Crippen molar-refractivity contribution in [2.24, 2.45) is 11.8 Å². The maximum absolute atomic E-state index is 13.1. The van der Waals surface area contributed by atoms with Gasteiger partial charge in [-0.15, -0.1) is 0 Å². The van der Waals surface area contributed by atoms with Gasteiger partial charge in [-0.25, -0.2) is 9.13 Å². The molecule has 0 heterocycles. The third kappa shape index (κ3) is 74.3. The van der Waals surface area contributed by atoms with Crippen molar-refractivity contribution in [3.8, 4) is 0 Å². The number of aliphatic hydroxyl groups is 1. The molecule has 17 nitrogen and oxygen atoms in total. The molecule has 0 aliphatic rings. The Balaban J connectivity index is 5.25. The van der Waals surface area contributed by atoms with E-state index in [0.717, 1.165) is 102 Å². The summed E-state index contributed by atoms with van der Waals surface area (Å²) in [5, 5.41) is 10.6. The summed E-state index contributed by atoms with van der Waals surface area (Å²) in [6.45, 7) is 9.62. The molecule has 100 heavy (non-hydrogen) atoms. The minimum absolute atomic E-state index is 0.108. The van der Waals surface area contributed by atoms with Crippen LogP contribution >= 0.6 is 15.6 Å². The van der Waals surface area contributed by atoms with Crippen molar-refractivity contribution in [3.05, 3.63) is 0 Å². The molecule has 0 rings (SSSR count). The lowest BCUT2D eigenvalue weighted by Gasteiger charge is -2.21. The van der Waals surface area contributed by atoms with E-state index in [4.69, 9.17) is 37.0 Å². The van der Waals surface area contributed by atoms with Crippen molar-refractivity contribution >= 4 is 39.5 Å². The molecule has 0 aromatic heterocycles. The number of phosphoric acid groups is 2. The van der Waals surface area contributed by atoms with Crippen LogP contribution in [0.15, 0.2) is 0 Å². The average Bonchev–Trinajstić information content (AvgIpc) is 0.930. The number of rotatable bonds is 80. The number of esters is 4. The first-order valence-corrected chi connectivity index (χ1v) is 45.0. The number of carbonyl (C=O) groups is 4. The Morgan fingerprint density at radius 1 is 0.270 bits per heavy atom. The van der Waals surface area contributed by atoms with Crippen molar-refractivity contribution in [2.45, 2.75) is 445 Å². The minimum atomic E-state index is -4.96. The fourth-order valence-electron chi connectivity index (χ4n) is 12.5. The summed E-state index contributed by atoms with van der Waals surface area (Å²) in [6.07, 6.45) is 62.4. The second-order valence-electron chi connectivity index (χ2n) is 30.1. The summed E-state index contributed by atoms with van der Waals surface area (Å²) in [5.41, 5.74) is 0. The SMILES string of the molecule is CCCCCCCCCCCCCCCCCCCCCC(=O)O[C@H](COC(=O)CCCCCCCCCCCCCCCC(C)C)COP(=O)(O)OC[C@@H](O)COP(=O)(O)OC[C@@H](COC(=O)CCCCCCCCCCC(C)C)OC(=O)CCCCCCCCCCCCCCCC. The second-order valence-corrected chi connectivity index (χ2v) is 33.0. The molecule has 0 radical (unpaired) electrons. The summed E-state index contributed by atoms with van der Waals surface area (Å²) in [6, 6.07) is 0.